The SMILES string of the molecule is CS(=O)c1c(Cl)ccc2c1CNCC2. The molecule has 76 valence electrons. The average molecular weight is 230 g/mol. The smallest absolute Gasteiger partial charge is 0.0619 e. The molecule has 1 aromatic carbocycles. The number of benzene rings is 1. The van der Waals surface area contributed by atoms with E-state index in [1.54, 1.807) is 6.26 Å². The topological polar surface area (TPSA) is 29.1 Å². The fraction of sp³-hybridized carbons (Fsp3) is 0.400. The molecule has 1 aromatic rings. The van der Waals surface area contributed by atoms with Crippen LogP contribution in [0.1, 0.15) is 11.1 Å². The third kappa shape index (κ3) is 1.72. The minimum atomic E-state index is -1.00. The van der Waals surface area contributed by atoms with Crippen molar-refractivity contribution >= 4 is 22.4 Å². The zero-order chi connectivity index (χ0) is 10.1. The predicted molar refractivity (Wildman–Crippen MR) is 59.2 cm³/mol. The Morgan fingerprint density at radius 3 is 3.00 bits per heavy atom. The summed E-state index contributed by atoms with van der Waals surface area (Å²) >= 11 is 6.04. The lowest BCUT2D eigenvalue weighted by Crippen LogP contribution is -2.25. The van der Waals surface area contributed by atoms with Crippen LogP contribution in [0, 0.1) is 0 Å². The van der Waals surface area contributed by atoms with E-state index >= 15 is 0 Å². The Labute approximate surface area is 91.1 Å². The molecule has 0 aliphatic carbocycles. The van der Waals surface area contributed by atoms with Crippen LogP contribution < -0.4 is 5.32 Å². The number of fused-ring (bicyclic) bond motifs is 1. The molecule has 14 heavy (non-hydrogen) atoms. The maximum atomic E-state index is 11.5. The van der Waals surface area contributed by atoms with E-state index in [1.165, 1.54) is 5.56 Å². The predicted octanol–water partition coefficient (Wildman–Crippen LogP) is 1.72. The molecule has 1 atom stereocenters. The van der Waals surface area contributed by atoms with Crippen LogP contribution in [0.25, 0.3) is 0 Å². The summed E-state index contributed by atoms with van der Waals surface area (Å²) in [7, 11) is -1.00. The summed E-state index contributed by atoms with van der Waals surface area (Å²) in [5.74, 6) is 0. The van der Waals surface area contributed by atoms with Crippen molar-refractivity contribution in [3.05, 3.63) is 28.3 Å². The Morgan fingerprint density at radius 2 is 2.29 bits per heavy atom. The maximum absolute atomic E-state index is 11.5. The summed E-state index contributed by atoms with van der Waals surface area (Å²) in [5, 5.41) is 3.89. The van der Waals surface area contributed by atoms with Crippen molar-refractivity contribution in [1.82, 2.24) is 5.32 Å². The van der Waals surface area contributed by atoms with E-state index in [9.17, 15) is 4.21 Å². The summed E-state index contributed by atoms with van der Waals surface area (Å²) in [6, 6.07) is 3.89. The van der Waals surface area contributed by atoms with E-state index in [1.807, 2.05) is 12.1 Å². The second kappa shape index (κ2) is 4.01. The second-order valence-corrected chi connectivity index (χ2v) is 5.12. The Kier molecular flexibility index (Phi) is 2.91. The van der Waals surface area contributed by atoms with E-state index in [2.05, 4.69) is 5.32 Å². The second-order valence-electron chi connectivity index (χ2n) is 3.40. The van der Waals surface area contributed by atoms with Crippen molar-refractivity contribution in [2.75, 3.05) is 12.8 Å². The molecule has 2 nitrogen and oxygen atoms in total. The maximum Gasteiger partial charge on any atom is 0.0619 e. The summed E-state index contributed by atoms with van der Waals surface area (Å²) < 4.78 is 11.5. The summed E-state index contributed by atoms with van der Waals surface area (Å²) in [6.45, 7) is 1.77. The third-order valence-electron chi connectivity index (χ3n) is 2.47. The van der Waals surface area contributed by atoms with Crippen LogP contribution in [-0.2, 0) is 23.8 Å². The minimum Gasteiger partial charge on any atom is -0.312 e. The van der Waals surface area contributed by atoms with Gasteiger partial charge >= 0.3 is 0 Å². The highest BCUT2D eigenvalue weighted by molar-refractivity contribution is 7.84. The van der Waals surface area contributed by atoms with Crippen LogP contribution in [0.5, 0.6) is 0 Å². The number of hydrogen-bond acceptors (Lipinski definition) is 2. The lowest BCUT2D eigenvalue weighted by molar-refractivity contribution is 0.630. The van der Waals surface area contributed by atoms with Gasteiger partial charge in [0.15, 0.2) is 0 Å². The molecule has 1 unspecified atom stereocenters. The number of nitrogens with one attached hydrogen (secondary N) is 1. The molecule has 4 heteroatoms. The molecule has 0 amide bonds. The molecule has 0 saturated heterocycles. The van der Waals surface area contributed by atoms with Gasteiger partial charge in [-0.15, -0.1) is 0 Å². The molecule has 0 saturated carbocycles. The van der Waals surface area contributed by atoms with Gasteiger partial charge in [-0.25, -0.2) is 0 Å². The van der Waals surface area contributed by atoms with Crippen LogP contribution >= 0.6 is 11.6 Å². The van der Waals surface area contributed by atoms with E-state index < -0.39 is 10.8 Å². The van der Waals surface area contributed by atoms with E-state index in [4.69, 9.17) is 11.6 Å². The largest absolute Gasteiger partial charge is 0.312 e. The zero-order valence-corrected chi connectivity index (χ0v) is 9.54. The van der Waals surface area contributed by atoms with Gasteiger partial charge in [0.25, 0.3) is 0 Å². The molecule has 1 aliphatic rings. The van der Waals surface area contributed by atoms with Crippen molar-refractivity contribution in [2.24, 2.45) is 0 Å². The van der Waals surface area contributed by atoms with Crippen molar-refractivity contribution in [1.29, 1.82) is 0 Å². The van der Waals surface area contributed by atoms with Gasteiger partial charge < -0.3 is 5.32 Å². The summed E-state index contributed by atoms with van der Waals surface area (Å²) in [6.07, 6.45) is 2.67. The molecule has 0 aromatic heterocycles. The first kappa shape index (κ1) is 10.1. The standard InChI is InChI=1S/C10H12ClNOS/c1-14(13)10-8-6-12-5-4-7(8)2-3-9(10)11/h2-3,12H,4-6H2,1H3. The van der Waals surface area contributed by atoms with Gasteiger partial charge in [0.2, 0.25) is 0 Å². The zero-order valence-electron chi connectivity index (χ0n) is 7.97. The van der Waals surface area contributed by atoms with Gasteiger partial charge in [-0.2, -0.15) is 0 Å². The summed E-state index contributed by atoms with van der Waals surface area (Å²) in [5.41, 5.74) is 2.41. The summed E-state index contributed by atoms with van der Waals surface area (Å²) in [4.78, 5) is 0.802. The first-order chi connectivity index (χ1) is 6.70. The fourth-order valence-electron chi connectivity index (χ4n) is 1.82. The van der Waals surface area contributed by atoms with Crippen LogP contribution in [0.3, 0.4) is 0 Å². The van der Waals surface area contributed by atoms with Gasteiger partial charge in [0.05, 0.1) is 20.7 Å². The first-order valence-electron chi connectivity index (χ1n) is 4.54. The molecule has 1 N–H and O–H groups in total. The lowest BCUT2D eigenvalue weighted by atomic mass is 10.0. The van der Waals surface area contributed by atoms with E-state index in [0.717, 1.165) is 30.0 Å². The molecule has 0 radical (unpaired) electrons. The van der Waals surface area contributed by atoms with Crippen molar-refractivity contribution in [3.63, 3.8) is 0 Å². The van der Waals surface area contributed by atoms with Crippen molar-refractivity contribution in [2.45, 2.75) is 17.9 Å². The van der Waals surface area contributed by atoms with Crippen LogP contribution in [0.15, 0.2) is 17.0 Å². The molecule has 1 aliphatic heterocycles. The highest BCUT2D eigenvalue weighted by Crippen LogP contribution is 2.28. The minimum absolute atomic E-state index is 0.619. The van der Waals surface area contributed by atoms with E-state index in [-0.39, 0.29) is 0 Å². The van der Waals surface area contributed by atoms with Crippen LogP contribution in [0.2, 0.25) is 5.02 Å². The lowest BCUT2D eigenvalue weighted by Gasteiger charge is -2.20. The van der Waals surface area contributed by atoms with E-state index in [0.29, 0.717) is 5.02 Å². The Hall–Kier alpha value is -0.380. The molecule has 0 spiro atoms. The Balaban J connectivity index is 2.60. The fourth-order valence-corrected chi connectivity index (χ4v) is 3.21. The molecular weight excluding hydrogens is 218 g/mol. The monoisotopic (exact) mass is 229 g/mol. The van der Waals surface area contributed by atoms with Gasteiger partial charge in [-0.3, -0.25) is 4.21 Å². The Morgan fingerprint density at radius 1 is 1.50 bits per heavy atom. The third-order valence-corrected chi connectivity index (χ3v) is 3.94. The van der Waals surface area contributed by atoms with Gasteiger partial charge in [-0.05, 0) is 30.2 Å². The Bertz CT molecular complexity index is 392. The molecular formula is C10H12ClNOS. The highest BCUT2D eigenvalue weighted by Gasteiger charge is 2.17. The molecule has 2 rings (SSSR count). The normalized spacial score (nSPS) is 17.6. The first-order valence-corrected chi connectivity index (χ1v) is 6.48. The van der Waals surface area contributed by atoms with Gasteiger partial charge in [0, 0.05) is 12.8 Å². The quantitative estimate of drug-likeness (QED) is 0.795. The van der Waals surface area contributed by atoms with Crippen LogP contribution in [-0.4, -0.2) is 17.0 Å². The molecule has 1 heterocycles. The number of rotatable bonds is 1. The van der Waals surface area contributed by atoms with Crippen molar-refractivity contribution < 1.29 is 4.21 Å². The average Bonchev–Trinajstić information content (AvgIpc) is 2.17. The van der Waals surface area contributed by atoms with Gasteiger partial charge in [-0.1, -0.05) is 17.7 Å². The van der Waals surface area contributed by atoms with Gasteiger partial charge in [0.1, 0.15) is 0 Å². The van der Waals surface area contributed by atoms with Crippen LogP contribution in [0.4, 0.5) is 0 Å². The molecule has 0 bridgehead atoms. The highest BCUT2D eigenvalue weighted by atomic mass is 35.5. The number of halogens is 1. The number of hydrogen-bond donors (Lipinski definition) is 1. The van der Waals surface area contributed by atoms with Crippen molar-refractivity contribution in [3.8, 4) is 0 Å². The molecule has 0 fully saturated rings.